The summed E-state index contributed by atoms with van der Waals surface area (Å²) < 4.78 is 5.24. The molecule has 1 aliphatic heterocycles. The van der Waals surface area contributed by atoms with Crippen LogP contribution in [0.15, 0.2) is 41.3 Å². The van der Waals surface area contributed by atoms with Gasteiger partial charge < -0.3 is 14.4 Å². The lowest BCUT2D eigenvalue weighted by molar-refractivity contribution is 0.0257. The van der Waals surface area contributed by atoms with Gasteiger partial charge in [0.15, 0.2) is 12.2 Å². The van der Waals surface area contributed by atoms with E-state index >= 15 is 0 Å². The summed E-state index contributed by atoms with van der Waals surface area (Å²) in [6.45, 7) is 1.09. The van der Waals surface area contributed by atoms with Gasteiger partial charge in [-0.05, 0) is 37.3 Å². The highest BCUT2D eigenvalue weighted by Crippen LogP contribution is 2.44. The number of β-amino-alcohol motifs (C(OH)–C–C–N with tert-alkyl or cyclic N) is 1. The number of hydrogen-bond donors (Lipinski definition) is 1. The predicted molar refractivity (Wildman–Crippen MR) is 80.1 cm³/mol. The zero-order valence-electron chi connectivity index (χ0n) is 12.2. The summed E-state index contributed by atoms with van der Waals surface area (Å²) in [5.74, 6) is 1.06. The Labute approximate surface area is 128 Å². The molecular formula is C17H18N2O3. The minimum absolute atomic E-state index is 0.0132. The summed E-state index contributed by atoms with van der Waals surface area (Å²) in [7, 11) is 0. The van der Waals surface area contributed by atoms with E-state index in [1.807, 2.05) is 12.1 Å². The van der Waals surface area contributed by atoms with Crippen LogP contribution in [0.3, 0.4) is 0 Å². The molecule has 1 saturated heterocycles. The molecule has 4 rings (SSSR count). The van der Waals surface area contributed by atoms with Gasteiger partial charge in [-0.25, -0.2) is 4.98 Å². The fourth-order valence-electron chi connectivity index (χ4n) is 3.26. The molecule has 1 aromatic carbocycles. The summed E-state index contributed by atoms with van der Waals surface area (Å²) in [6, 6.07) is 7.32. The third kappa shape index (κ3) is 2.31. The number of aliphatic hydroxyl groups is 1. The molecule has 5 heteroatoms. The quantitative estimate of drug-likeness (QED) is 0.944. The minimum atomic E-state index is -0.657. The highest BCUT2D eigenvalue weighted by molar-refractivity contribution is 5.94. The van der Waals surface area contributed by atoms with Gasteiger partial charge in [0.05, 0.1) is 18.3 Å². The van der Waals surface area contributed by atoms with Crippen molar-refractivity contribution in [3.63, 3.8) is 0 Å². The fraction of sp³-hybridized carbons (Fsp3) is 0.412. The second-order valence-corrected chi connectivity index (χ2v) is 6.30. The smallest absolute Gasteiger partial charge is 0.253 e. The Morgan fingerprint density at radius 3 is 2.73 bits per heavy atom. The monoisotopic (exact) mass is 298 g/mol. The Morgan fingerprint density at radius 1 is 1.32 bits per heavy atom. The second kappa shape index (κ2) is 4.95. The first kappa shape index (κ1) is 13.5. The summed E-state index contributed by atoms with van der Waals surface area (Å²) in [6.07, 6.45) is 5.90. The second-order valence-electron chi connectivity index (χ2n) is 6.30. The molecule has 1 atom stereocenters. The maximum atomic E-state index is 12.6. The number of rotatable bonds is 3. The number of carbonyl (C=O) groups is 1. The molecule has 5 nitrogen and oxygen atoms in total. The molecule has 2 aliphatic rings. The van der Waals surface area contributed by atoms with E-state index in [-0.39, 0.29) is 5.91 Å². The summed E-state index contributed by atoms with van der Waals surface area (Å²) in [5, 5.41) is 10.6. The van der Waals surface area contributed by atoms with Crippen molar-refractivity contribution in [1.29, 1.82) is 0 Å². The Kier molecular flexibility index (Phi) is 3.04. The van der Waals surface area contributed by atoms with Crippen LogP contribution >= 0.6 is 0 Å². The van der Waals surface area contributed by atoms with Gasteiger partial charge in [0, 0.05) is 17.7 Å². The van der Waals surface area contributed by atoms with Crippen LogP contribution < -0.4 is 0 Å². The largest absolute Gasteiger partial charge is 0.444 e. The van der Waals surface area contributed by atoms with Crippen LogP contribution in [-0.2, 0) is 0 Å². The zero-order chi connectivity index (χ0) is 15.2. The van der Waals surface area contributed by atoms with Gasteiger partial charge in [-0.15, -0.1) is 0 Å². The van der Waals surface area contributed by atoms with Crippen LogP contribution in [0, 0.1) is 5.92 Å². The zero-order valence-corrected chi connectivity index (χ0v) is 12.2. The highest BCUT2D eigenvalue weighted by Gasteiger charge is 2.48. The van der Waals surface area contributed by atoms with Gasteiger partial charge >= 0.3 is 0 Å². The lowest BCUT2D eigenvalue weighted by Gasteiger charge is -2.23. The topological polar surface area (TPSA) is 66.6 Å². The van der Waals surface area contributed by atoms with E-state index in [2.05, 4.69) is 4.98 Å². The normalized spacial score (nSPS) is 24.7. The molecule has 0 bridgehead atoms. The van der Waals surface area contributed by atoms with E-state index in [0.717, 1.165) is 18.4 Å². The average molecular weight is 298 g/mol. The predicted octanol–water partition coefficient (Wildman–Crippen LogP) is 2.33. The first-order valence-electron chi connectivity index (χ1n) is 7.66. The maximum absolute atomic E-state index is 12.6. The molecule has 0 spiro atoms. The molecule has 1 N–H and O–H groups in total. The van der Waals surface area contributed by atoms with E-state index in [9.17, 15) is 9.90 Å². The van der Waals surface area contributed by atoms with Gasteiger partial charge in [-0.3, -0.25) is 4.79 Å². The third-order valence-corrected chi connectivity index (χ3v) is 4.75. The van der Waals surface area contributed by atoms with Crippen molar-refractivity contribution in [2.75, 3.05) is 13.1 Å². The first-order valence-corrected chi connectivity index (χ1v) is 7.66. The summed E-state index contributed by atoms with van der Waals surface area (Å²) >= 11 is 0. The molecular weight excluding hydrogens is 280 g/mol. The Hall–Kier alpha value is -2.14. The number of hydrogen-bond acceptors (Lipinski definition) is 4. The number of likely N-dealkylation sites (tertiary alicyclic amines) is 1. The summed E-state index contributed by atoms with van der Waals surface area (Å²) in [5.41, 5.74) is 0.878. The van der Waals surface area contributed by atoms with Crippen molar-refractivity contribution in [1.82, 2.24) is 9.88 Å². The number of carbonyl (C=O) groups excluding carboxylic acids is 1. The molecule has 1 aromatic heterocycles. The standard InChI is InChI=1S/C17H18N2O3/c20-16(19-8-7-17(21,10-19)14-5-6-14)13-3-1-12(2-4-13)15-9-18-11-22-15/h1-4,9,11,14,21H,5-8,10H2. The molecule has 2 fully saturated rings. The average Bonchev–Trinajstić information content (AvgIpc) is 3.12. The molecule has 22 heavy (non-hydrogen) atoms. The van der Waals surface area contributed by atoms with E-state index in [1.165, 1.54) is 6.39 Å². The Balaban J connectivity index is 1.49. The van der Waals surface area contributed by atoms with Crippen LogP contribution in [0.25, 0.3) is 11.3 Å². The third-order valence-electron chi connectivity index (χ3n) is 4.75. The molecule has 1 saturated carbocycles. The summed E-state index contributed by atoms with van der Waals surface area (Å²) in [4.78, 5) is 18.2. The SMILES string of the molecule is O=C(c1ccc(-c2cnco2)cc1)N1CCC(O)(C2CC2)C1. The molecule has 2 aromatic rings. The fourth-order valence-corrected chi connectivity index (χ4v) is 3.26. The molecule has 1 unspecified atom stereocenters. The van der Waals surface area contributed by atoms with Crippen molar-refractivity contribution < 1.29 is 14.3 Å². The molecule has 0 radical (unpaired) electrons. The minimum Gasteiger partial charge on any atom is -0.444 e. The Morgan fingerprint density at radius 2 is 2.09 bits per heavy atom. The number of amides is 1. The van der Waals surface area contributed by atoms with E-state index in [1.54, 1.807) is 23.2 Å². The van der Waals surface area contributed by atoms with Crippen molar-refractivity contribution >= 4 is 5.91 Å². The van der Waals surface area contributed by atoms with Gasteiger partial charge in [0.2, 0.25) is 0 Å². The lowest BCUT2D eigenvalue weighted by atomic mass is 9.97. The van der Waals surface area contributed by atoms with Crippen molar-refractivity contribution in [2.24, 2.45) is 5.92 Å². The van der Waals surface area contributed by atoms with E-state index < -0.39 is 5.60 Å². The van der Waals surface area contributed by atoms with Crippen LogP contribution in [0.2, 0.25) is 0 Å². The molecule has 1 aliphatic carbocycles. The van der Waals surface area contributed by atoms with Crippen LogP contribution in [0.1, 0.15) is 29.6 Å². The molecule has 1 amide bonds. The highest BCUT2D eigenvalue weighted by atomic mass is 16.3. The van der Waals surface area contributed by atoms with Gasteiger partial charge in [0.1, 0.15) is 0 Å². The van der Waals surface area contributed by atoms with Crippen molar-refractivity contribution in [2.45, 2.75) is 24.9 Å². The Bertz CT molecular complexity index is 676. The number of nitrogens with zero attached hydrogens (tertiary/aromatic N) is 2. The van der Waals surface area contributed by atoms with Crippen LogP contribution in [-0.4, -0.2) is 39.6 Å². The number of oxazole rings is 1. The first-order chi connectivity index (χ1) is 10.7. The number of benzene rings is 1. The van der Waals surface area contributed by atoms with E-state index in [0.29, 0.717) is 36.8 Å². The van der Waals surface area contributed by atoms with Gasteiger partial charge in [-0.2, -0.15) is 0 Å². The lowest BCUT2D eigenvalue weighted by Crippen LogP contribution is -2.37. The van der Waals surface area contributed by atoms with Gasteiger partial charge in [0.25, 0.3) is 5.91 Å². The van der Waals surface area contributed by atoms with Crippen molar-refractivity contribution in [3.8, 4) is 11.3 Å². The van der Waals surface area contributed by atoms with Crippen LogP contribution in [0.4, 0.5) is 0 Å². The van der Waals surface area contributed by atoms with Gasteiger partial charge in [-0.1, -0.05) is 12.1 Å². The maximum Gasteiger partial charge on any atom is 0.253 e. The molecule has 2 heterocycles. The molecule has 114 valence electrons. The van der Waals surface area contributed by atoms with E-state index in [4.69, 9.17) is 4.42 Å². The van der Waals surface area contributed by atoms with Crippen molar-refractivity contribution in [3.05, 3.63) is 42.4 Å². The van der Waals surface area contributed by atoms with Crippen LogP contribution in [0.5, 0.6) is 0 Å². The number of aromatic nitrogens is 1.